The zero-order chi connectivity index (χ0) is 18.9. The molecule has 0 radical (unpaired) electrons. The third-order valence-corrected chi connectivity index (χ3v) is 5.63. The summed E-state index contributed by atoms with van der Waals surface area (Å²) in [5.41, 5.74) is 0.993. The molecule has 0 saturated heterocycles. The van der Waals surface area contributed by atoms with E-state index in [9.17, 15) is 13.2 Å². The summed E-state index contributed by atoms with van der Waals surface area (Å²) in [6.45, 7) is 6.72. The van der Waals surface area contributed by atoms with Crippen LogP contribution in [0.5, 0.6) is 0 Å². The van der Waals surface area contributed by atoms with Gasteiger partial charge < -0.3 is 4.57 Å². The molecule has 2 heterocycles. The number of benzene rings is 1. The fraction of sp³-hybridized carbons (Fsp3) is 0.188. The summed E-state index contributed by atoms with van der Waals surface area (Å²) >= 11 is 1.20. The highest BCUT2D eigenvalue weighted by molar-refractivity contribution is 7.89. The predicted molar refractivity (Wildman–Crippen MR) is 99.2 cm³/mol. The minimum atomic E-state index is -3.81. The van der Waals surface area contributed by atoms with Gasteiger partial charge >= 0.3 is 0 Å². The molecule has 1 aromatic carbocycles. The minimum absolute atomic E-state index is 0.0107. The van der Waals surface area contributed by atoms with Crippen LogP contribution in [0.1, 0.15) is 17.4 Å². The number of nitrogens with two attached hydrogens (primary N) is 1. The van der Waals surface area contributed by atoms with Crippen LogP contribution in [-0.4, -0.2) is 28.7 Å². The van der Waals surface area contributed by atoms with Crippen LogP contribution < -0.4 is 9.94 Å². The molecule has 0 aliphatic heterocycles. The number of primary sulfonamides is 1. The van der Waals surface area contributed by atoms with Crippen LogP contribution >= 0.6 is 11.3 Å². The second kappa shape index (κ2) is 6.98. The van der Waals surface area contributed by atoms with Crippen LogP contribution in [0, 0.1) is 0 Å². The first-order valence-electron chi connectivity index (χ1n) is 7.73. The summed E-state index contributed by atoms with van der Waals surface area (Å²) in [5.74, 6) is -0.465. The molecule has 0 saturated carbocycles. The van der Waals surface area contributed by atoms with E-state index in [2.05, 4.69) is 16.7 Å². The average Bonchev–Trinajstić information content (AvgIpc) is 3.19. The Labute approximate surface area is 154 Å². The molecule has 0 fully saturated rings. The lowest BCUT2D eigenvalue weighted by Gasteiger charge is -2.02. The summed E-state index contributed by atoms with van der Waals surface area (Å²) < 4.78 is 27.2. The molecule has 3 rings (SSSR count). The number of hydrogen-bond acceptors (Lipinski definition) is 5. The molecule has 0 aliphatic rings. The molecule has 0 unspecified atom stereocenters. The average molecular weight is 391 g/mol. The van der Waals surface area contributed by atoms with E-state index in [-0.39, 0.29) is 10.6 Å². The monoisotopic (exact) mass is 391 g/mol. The third-order valence-electron chi connectivity index (χ3n) is 3.68. The molecule has 8 nitrogen and oxygen atoms in total. The van der Waals surface area contributed by atoms with Gasteiger partial charge in [0.25, 0.3) is 5.91 Å². The van der Waals surface area contributed by atoms with Crippen molar-refractivity contribution in [3.63, 3.8) is 0 Å². The lowest BCUT2D eigenvalue weighted by Crippen LogP contribution is -2.16. The van der Waals surface area contributed by atoms with Gasteiger partial charge in [0.15, 0.2) is 10.5 Å². The van der Waals surface area contributed by atoms with E-state index in [4.69, 9.17) is 5.14 Å². The van der Waals surface area contributed by atoms with Crippen LogP contribution in [0.4, 0.5) is 0 Å². The second-order valence-electron chi connectivity index (χ2n) is 5.43. The number of allylic oxidation sites excluding steroid dienone is 1. The largest absolute Gasteiger partial charge is 0.312 e. The van der Waals surface area contributed by atoms with Gasteiger partial charge in [-0.3, -0.25) is 9.48 Å². The number of nitrogens with zero attached hydrogens (tertiary/aromatic N) is 4. The van der Waals surface area contributed by atoms with Crippen molar-refractivity contribution in [3.05, 3.63) is 53.6 Å². The molecule has 2 N–H and O–H groups in total. The van der Waals surface area contributed by atoms with Gasteiger partial charge in [-0.1, -0.05) is 17.4 Å². The fourth-order valence-electron chi connectivity index (χ4n) is 2.42. The second-order valence-corrected chi connectivity index (χ2v) is 8.00. The highest BCUT2D eigenvalue weighted by atomic mass is 32.2. The highest BCUT2D eigenvalue weighted by Gasteiger charge is 2.14. The van der Waals surface area contributed by atoms with Crippen molar-refractivity contribution in [2.75, 3.05) is 0 Å². The summed E-state index contributed by atoms with van der Waals surface area (Å²) in [7, 11) is -3.81. The molecule has 0 atom stereocenters. The Kier molecular flexibility index (Phi) is 4.90. The Bertz CT molecular complexity index is 1170. The SMILES string of the molecule is C=CCn1c(=NC(=O)c2ccn(CC)n2)sc2cc(S(N)(=O)=O)ccc21. The zero-order valence-electron chi connectivity index (χ0n) is 14.0. The number of carbonyl (C=O) groups excluding carboxylic acids is 1. The van der Waals surface area contributed by atoms with Crippen molar-refractivity contribution in [2.45, 2.75) is 24.9 Å². The number of sulfonamides is 1. The van der Waals surface area contributed by atoms with Gasteiger partial charge in [0.1, 0.15) is 0 Å². The Morgan fingerprint density at radius 1 is 1.42 bits per heavy atom. The molecule has 136 valence electrons. The van der Waals surface area contributed by atoms with Crippen LogP contribution in [0.2, 0.25) is 0 Å². The lowest BCUT2D eigenvalue weighted by molar-refractivity contribution is 0.0992. The Hall–Kier alpha value is -2.56. The molecule has 2 aromatic heterocycles. The van der Waals surface area contributed by atoms with Gasteiger partial charge in [-0.15, -0.1) is 6.58 Å². The summed E-state index contributed by atoms with van der Waals surface area (Å²) in [6, 6.07) is 6.16. The highest BCUT2D eigenvalue weighted by Crippen LogP contribution is 2.21. The fourth-order valence-corrected chi connectivity index (χ4v) is 4.11. The first kappa shape index (κ1) is 18.2. The van der Waals surface area contributed by atoms with Crippen molar-refractivity contribution >= 4 is 37.5 Å². The van der Waals surface area contributed by atoms with E-state index in [1.165, 1.54) is 23.5 Å². The molecule has 0 spiro atoms. The van der Waals surface area contributed by atoms with Gasteiger partial charge in [-0.2, -0.15) is 10.1 Å². The Balaban J connectivity index is 2.15. The molecular weight excluding hydrogens is 374 g/mol. The van der Waals surface area contributed by atoms with Crippen molar-refractivity contribution < 1.29 is 13.2 Å². The van der Waals surface area contributed by atoms with E-state index in [1.54, 1.807) is 33.7 Å². The van der Waals surface area contributed by atoms with Gasteiger partial charge in [-0.25, -0.2) is 13.6 Å². The molecule has 10 heteroatoms. The number of aryl methyl sites for hydroxylation is 1. The molecule has 1 amide bonds. The number of hydrogen-bond donors (Lipinski definition) is 1. The quantitative estimate of drug-likeness (QED) is 0.664. The smallest absolute Gasteiger partial charge is 0.300 e. The Morgan fingerprint density at radius 2 is 2.19 bits per heavy atom. The summed E-state index contributed by atoms with van der Waals surface area (Å²) in [6.07, 6.45) is 3.39. The molecule has 0 bridgehead atoms. The maximum atomic E-state index is 12.4. The lowest BCUT2D eigenvalue weighted by atomic mass is 10.3. The van der Waals surface area contributed by atoms with Crippen LogP contribution in [-0.2, 0) is 23.1 Å². The van der Waals surface area contributed by atoms with Crippen LogP contribution in [0.25, 0.3) is 10.2 Å². The number of amides is 1. The van der Waals surface area contributed by atoms with Gasteiger partial charge in [0.2, 0.25) is 10.0 Å². The molecule has 26 heavy (non-hydrogen) atoms. The van der Waals surface area contributed by atoms with E-state index >= 15 is 0 Å². The van der Waals surface area contributed by atoms with Gasteiger partial charge in [0.05, 0.1) is 15.1 Å². The van der Waals surface area contributed by atoms with Gasteiger partial charge in [-0.05, 0) is 31.2 Å². The topological polar surface area (TPSA) is 112 Å². The number of carbonyl (C=O) groups is 1. The van der Waals surface area contributed by atoms with E-state index in [0.29, 0.717) is 22.6 Å². The molecule has 3 aromatic rings. The van der Waals surface area contributed by atoms with E-state index < -0.39 is 15.9 Å². The van der Waals surface area contributed by atoms with Crippen LogP contribution in [0.3, 0.4) is 0 Å². The number of fused-ring (bicyclic) bond motifs is 1. The van der Waals surface area contributed by atoms with Crippen LogP contribution in [0.15, 0.2) is 53.0 Å². The number of aromatic nitrogens is 3. The van der Waals surface area contributed by atoms with Gasteiger partial charge in [0, 0.05) is 19.3 Å². The standard InChI is InChI=1S/C16H17N5O3S2/c1-3-8-21-13-6-5-11(26(17,23)24)10-14(13)25-16(21)18-15(22)12-7-9-20(4-2)19-12/h3,5-7,9-10H,1,4,8H2,2H3,(H2,17,23,24). The first-order chi connectivity index (χ1) is 12.3. The van der Waals surface area contributed by atoms with Crippen molar-refractivity contribution in [3.8, 4) is 0 Å². The maximum absolute atomic E-state index is 12.4. The Morgan fingerprint density at radius 3 is 2.81 bits per heavy atom. The zero-order valence-corrected chi connectivity index (χ0v) is 15.6. The van der Waals surface area contributed by atoms with E-state index in [1.807, 2.05) is 6.92 Å². The third kappa shape index (κ3) is 3.52. The van der Waals surface area contributed by atoms with Crippen molar-refractivity contribution in [2.24, 2.45) is 10.1 Å². The number of thiazole rings is 1. The molecular formula is C16H17N5O3S2. The first-order valence-corrected chi connectivity index (χ1v) is 10.1. The number of rotatable bonds is 5. The minimum Gasteiger partial charge on any atom is -0.312 e. The summed E-state index contributed by atoms with van der Waals surface area (Å²) in [5, 5.41) is 9.34. The maximum Gasteiger partial charge on any atom is 0.300 e. The predicted octanol–water partition coefficient (Wildman–Crippen LogP) is 1.49. The van der Waals surface area contributed by atoms with Crippen molar-refractivity contribution in [1.82, 2.24) is 14.3 Å². The summed E-state index contributed by atoms with van der Waals surface area (Å²) in [4.78, 5) is 17.0. The normalized spacial score (nSPS) is 12.6. The van der Waals surface area contributed by atoms with Crippen molar-refractivity contribution in [1.29, 1.82) is 0 Å². The van der Waals surface area contributed by atoms with E-state index in [0.717, 1.165) is 5.52 Å². The molecule has 0 aliphatic carbocycles.